The average molecular weight is 1100 g/mol. The van der Waals surface area contributed by atoms with Gasteiger partial charge in [0, 0.05) is 19.3 Å². The molecular weight excluding hydrogens is 973 g/mol. The van der Waals surface area contributed by atoms with E-state index in [-0.39, 0.29) is 31.1 Å². The van der Waals surface area contributed by atoms with Crippen LogP contribution in [-0.2, 0) is 28.6 Å². The molecular formula is C73H122O6. The summed E-state index contributed by atoms with van der Waals surface area (Å²) in [6.45, 7) is 6.49. The lowest BCUT2D eigenvalue weighted by Crippen LogP contribution is -2.30. The van der Waals surface area contributed by atoms with Crippen molar-refractivity contribution >= 4 is 17.9 Å². The maximum absolute atomic E-state index is 12.9. The van der Waals surface area contributed by atoms with Crippen LogP contribution >= 0.6 is 0 Å². The van der Waals surface area contributed by atoms with Gasteiger partial charge < -0.3 is 14.2 Å². The van der Waals surface area contributed by atoms with Crippen molar-refractivity contribution in [1.82, 2.24) is 0 Å². The maximum Gasteiger partial charge on any atom is 0.306 e. The molecule has 0 heterocycles. The summed E-state index contributed by atoms with van der Waals surface area (Å²) in [5, 5.41) is 0. The lowest BCUT2D eigenvalue weighted by Gasteiger charge is -2.18. The highest BCUT2D eigenvalue weighted by Gasteiger charge is 2.19. The molecule has 0 rings (SSSR count). The number of carbonyl (C=O) groups is 3. The quantitative estimate of drug-likeness (QED) is 0.0261. The number of hydrogen-bond donors (Lipinski definition) is 0. The van der Waals surface area contributed by atoms with Crippen LogP contribution in [-0.4, -0.2) is 37.2 Å². The fourth-order valence-corrected chi connectivity index (χ4v) is 9.02. The van der Waals surface area contributed by atoms with Crippen molar-refractivity contribution < 1.29 is 28.6 Å². The molecule has 0 saturated carbocycles. The maximum atomic E-state index is 12.9. The minimum Gasteiger partial charge on any atom is -0.462 e. The molecule has 0 N–H and O–H groups in total. The van der Waals surface area contributed by atoms with Crippen LogP contribution in [0.1, 0.15) is 303 Å². The van der Waals surface area contributed by atoms with Crippen molar-refractivity contribution in [2.45, 2.75) is 309 Å². The van der Waals surface area contributed by atoms with E-state index in [9.17, 15) is 14.4 Å². The van der Waals surface area contributed by atoms with Gasteiger partial charge >= 0.3 is 17.9 Å². The van der Waals surface area contributed by atoms with E-state index < -0.39 is 6.10 Å². The average Bonchev–Trinajstić information content (AvgIpc) is 3.45. The van der Waals surface area contributed by atoms with Gasteiger partial charge in [-0.2, -0.15) is 0 Å². The Labute approximate surface area is 488 Å². The van der Waals surface area contributed by atoms with E-state index in [0.29, 0.717) is 19.3 Å². The Hall–Kier alpha value is -4.19. The summed E-state index contributed by atoms with van der Waals surface area (Å²) in [4.78, 5) is 38.3. The summed E-state index contributed by atoms with van der Waals surface area (Å²) in [6, 6.07) is 0. The predicted molar refractivity (Wildman–Crippen MR) is 343 cm³/mol. The third kappa shape index (κ3) is 64.5. The minimum absolute atomic E-state index is 0.0844. The number of hydrogen-bond acceptors (Lipinski definition) is 6. The van der Waals surface area contributed by atoms with Crippen LogP contribution < -0.4 is 0 Å². The molecule has 0 aliphatic rings. The van der Waals surface area contributed by atoms with E-state index >= 15 is 0 Å². The van der Waals surface area contributed by atoms with Gasteiger partial charge in [-0.1, -0.05) is 290 Å². The molecule has 0 saturated heterocycles. The zero-order chi connectivity index (χ0) is 57.1. The van der Waals surface area contributed by atoms with Crippen LogP contribution in [0.25, 0.3) is 0 Å². The molecule has 0 spiro atoms. The molecule has 0 fully saturated rings. The van der Waals surface area contributed by atoms with Crippen LogP contribution in [0.15, 0.2) is 122 Å². The summed E-state index contributed by atoms with van der Waals surface area (Å²) in [6.07, 6.45) is 92.1. The van der Waals surface area contributed by atoms with Crippen LogP contribution in [0, 0.1) is 0 Å². The van der Waals surface area contributed by atoms with E-state index in [1.807, 2.05) is 0 Å². The van der Waals surface area contributed by atoms with Crippen LogP contribution in [0.4, 0.5) is 0 Å². The second-order valence-corrected chi connectivity index (χ2v) is 21.6. The van der Waals surface area contributed by atoms with Crippen molar-refractivity contribution in [2.24, 2.45) is 0 Å². The fourth-order valence-electron chi connectivity index (χ4n) is 9.02. The van der Waals surface area contributed by atoms with Gasteiger partial charge in [0.25, 0.3) is 0 Å². The van der Waals surface area contributed by atoms with Crippen molar-refractivity contribution in [1.29, 1.82) is 0 Å². The molecule has 0 amide bonds. The van der Waals surface area contributed by atoms with E-state index in [4.69, 9.17) is 14.2 Å². The Bertz CT molecular complexity index is 1640. The molecule has 79 heavy (non-hydrogen) atoms. The lowest BCUT2D eigenvalue weighted by molar-refractivity contribution is -0.167. The second kappa shape index (κ2) is 66.3. The number of esters is 3. The van der Waals surface area contributed by atoms with Crippen LogP contribution in [0.3, 0.4) is 0 Å². The Morgan fingerprint density at radius 2 is 0.494 bits per heavy atom. The van der Waals surface area contributed by atoms with Crippen molar-refractivity contribution in [3.05, 3.63) is 122 Å². The molecule has 6 heteroatoms. The van der Waals surface area contributed by atoms with Crippen molar-refractivity contribution in [3.63, 3.8) is 0 Å². The van der Waals surface area contributed by atoms with Crippen molar-refractivity contribution in [2.75, 3.05) is 13.2 Å². The standard InChI is InChI=1S/C73H122O6/c1-4-7-10-13-16-19-22-24-26-28-30-31-32-33-34-35-36-37-38-39-40-41-43-44-46-48-51-54-57-60-63-66-72(75)78-69-70(68-77-71(74)65-62-59-56-53-50-21-18-15-12-9-6-3)79-73(76)67-64-61-58-55-52-49-47-45-42-29-27-25-23-20-17-14-11-8-5-2/h7,10,16-17,19-20,24-27,30-31,33-34,36-37,39-40,42,45,70H,4-6,8-9,11-15,18,21-23,28-29,32,35,38,41,43-44,46-69H2,1-3H3/b10-7-,19-16-,20-17-,26-24-,27-25-,31-30-,34-33-,37-36-,40-39-,45-42-. The van der Waals surface area contributed by atoms with Gasteiger partial charge in [-0.05, 0) is 116 Å². The number of carbonyl (C=O) groups excluding carboxylic acids is 3. The first-order chi connectivity index (χ1) is 39.0. The Kier molecular flexibility index (Phi) is 62.8. The molecule has 0 aromatic carbocycles. The topological polar surface area (TPSA) is 78.9 Å². The molecule has 0 aliphatic carbocycles. The first-order valence-electron chi connectivity index (χ1n) is 33.0. The molecule has 1 unspecified atom stereocenters. The summed E-state index contributed by atoms with van der Waals surface area (Å²) < 4.78 is 16.9. The molecule has 0 aromatic heterocycles. The van der Waals surface area contributed by atoms with Crippen LogP contribution in [0.2, 0.25) is 0 Å². The monoisotopic (exact) mass is 1090 g/mol. The summed E-state index contributed by atoms with van der Waals surface area (Å²) >= 11 is 0. The molecule has 0 aromatic rings. The van der Waals surface area contributed by atoms with Gasteiger partial charge in [0.15, 0.2) is 6.10 Å². The van der Waals surface area contributed by atoms with E-state index in [1.165, 1.54) is 128 Å². The SMILES string of the molecule is CC/C=C\C/C=C\C/C=C\C/C=C\C/C=C\C/C=C\C/C=C\CCCCCCCCCCCC(=O)OCC(COC(=O)CCCCCCCCCCCCC)OC(=O)CCCCCCCC/C=C\C/C=C\C/C=C\CCCCC. The Morgan fingerprint density at radius 1 is 0.266 bits per heavy atom. The molecule has 450 valence electrons. The summed E-state index contributed by atoms with van der Waals surface area (Å²) in [5.74, 6) is -0.898. The molecule has 6 nitrogen and oxygen atoms in total. The number of ether oxygens (including phenoxy) is 3. The van der Waals surface area contributed by atoms with Gasteiger partial charge in [-0.25, -0.2) is 0 Å². The molecule has 1 atom stereocenters. The van der Waals surface area contributed by atoms with Gasteiger partial charge in [0.05, 0.1) is 0 Å². The first kappa shape index (κ1) is 74.8. The zero-order valence-electron chi connectivity index (χ0n) is 51.6. The fraction of sp³-hybridized carbons (Fsp3) is 0.685. The number of allylic oxidation sites excluding steroid dienone is 20. The summed E-state index contributed by atoms with van der Waals surface area (Å²) in [7, 11) is 0. The lowest BCUT2D eigenvalue weighted by atomic mass is 10.1. The largest absolute Gasteiger partial charge is 0.462 e. The van der Waals surface area contributed by atoms with Crippen LogP contribution in [0.5, 0.6) is 0 Å². The normalized spacial score (nSPS) is 12.9. The molecule has 0 aliphatic heterocycles. The van der Waals surface area contributed by atoms with E-state index in [0.717, 1.165) is 135 Å². The summed E-state index contributed by atoms with van der Waals surface area (Å²) in [5.41, 5.74) is 0. The predicted octanol–water partition coefficient (Wildman–Crippen LogP) is 22.8. The van der Waals surface area contributed by atoms with Gasteiger partial charge in [0.1, 0.15) is 13.2 Å². The van der Waals surface area contributed by atoms with Gasteiger partial charge in [0.2, 0.25) is 0 Å². The number of rotatable bonds is 59. The Morgan fingerprint density at radius 3 is 0.797 bits per heavy atom. The number of unbranched alkanes of at least 4 members (excludes halogenated alkanes) is 28. The minimum atomic E-state index is -0.789. The second-order valence-electron chi connectivity index (χ2n) is 21.6. The van der Waals surface area contributed by atoms with E-state index in [1.54, 1.807) is 0 Å². The third-order valence-corrected chi connectivity index (χ3v) is 14.0. The Balaban J connectivity index is 4.28. The van der Waals surface area contributed by atoms with E-state index in [2.05, 4.69) is 142 Å². The highest BCUT2D eigenvalue weighted by molar-refractivity contribution is 5.71. The third-order valence-electron chi connectivity index (χ3n) is 14.0. The van der Waals surface area contributed by atoms with Gasteiger partial charge in [-0.15, -0.1) is 0 Å². The highest BCUT2D eigenvalue weighted by Crippen LogP contribution is 2.16. The highest BCUT2D eigenvalue weighted by atomic mass is 16.6. The zero-order valence-corrected chi connectivity index (χ0v) is 51.6. The van der Waals surface area contributed by atoms with Gasteiger partial charge in [-0.3, -0.25) is 14.4 Å². The molecule has 0 radical (unpaired) electrons. The first-order valence-corrected chi connectivity index (χ1v) is 33.0. The molecule has 0 bridgehead atoms. The van der Waals surface area contributed by atoms with Crippen molar-refractivity contribution in [3.8, 4) is 0 Å². The smallest absolute Gasteiger partial charge is 0.306 e.